The Morgan fingerprint density at radius 2 is 1.88 bits per heavy atom. The molecule has 0 atom stereocenters. The first-order valence-corrected chi connectivity index (χ1v) is 7.81. The van der Waals surface area contributed by atoms with Crippen molar-refractivity contribution in [1.82, 2.24) is 4.98 Å². The Bertz CT molecular complexity index is 1030. The van der Waals surface area contributed by atoms with Gasteiger partial charge in [-0.05, 0) is 35.7 Å². The van der Waals surface area contributed by atoms with Crippen molar-refractivity contribution < 1.29 is 28.8 Å². The van der Waals surface area contributed by atoms with E-state index in [1.165, 1.54) is 19.4 Å². The van der Waals surface area contributed by atoms with E-state index in [4.69, 9.17) is 18.9 Å². The molecule has 1 aromatic heterocycles. The average molecular weight is 353 g/mol. The summed E-state index contributed by atoms with van der Waals surface area (Å²) in [5.74, 6) is 0.905. The lowest BCUT2D eigenvalue weighted by Crippen LogP contribution is -2.06. The number of aromatic nitrogens is 1. The molecule has 0 aliphatic carbocycles. The summed E-state index contributed by atoms with van der Waals surface area (Å²) in [5, 5.41) is 11.8. The quantitative estimate of drug-likeness (QED) is 0.722. The third kappa shape index (κ3) is 2.36. The van der Waals surface area contributed by atoms with E-state index in [0.717, 1.165) is 5.39 Å². The Hall–Kier alpha value is -3.48. The molecule has 0 saturated carbocycles. The van der Waals surface area contributed by atoms with Gasteiger partial charge in [0.2, 0.25) is 18.3 Å². The molecular weight excluding hydrogens is 338 g/mol. The number of hydrogen-bond acceptors (Lipinski definition) is 7. The van der Waals surface area contributed by atoms with Crippen LogP contribution in [0.1, 0.15) is 16.1 Å². The van der Waals surface area contributed by atoms with Crippen molar-refractivity contribution in [3.05, 3.63) is 47.8 Å². The fraction of sp³-hybridized carbons (Fsp3) is 0.158. The minimum Gasteiger partial charge on any atom is -0.504 e. The number of phenols is 1. The van der Waals surface area contributed by atoms with Crippen LogP contribution in [-0.2, 0) is 0 Å². The normalized spacial score (nSPS) is 12.2. The second kappa shape index (κ2) is 6.11. The number of pyridine rings is 1. The number of phenolic OH excluding ortho intramolecular Hbond substituents is 1. The van der Waals surface area contributed by atoms with Gasteiger partial charge < -0.3 is 24.1 Å². The van der Waals surface area contributed by atoms with Crippen LogP contribution in [0.2, 0.25) is 0 Å². The number of fused-ring (bicyclic) bond motifs is 2. The Morgan fingerprint density at radius 3 is 2.65 bits per heavy atom. The summed E-state index contributed by atoms with van der Waals surface area (Å²) in [7, 11) is 3.06. The number of ketones is 1. The van der Waals surface area contributed by atoms with Crippen LogP contribution >= 0.6 is 0 Å². The predicted octanol–water partition coefficient (Wildman–Crippen LogP) is 2.92. The number of carbonyl (C=O) groups is 1. The summed E-state index contributed by atoms with van der Waals surface area (Å²) < 4.78 is 21.1. The summed E-state index contributed by atoms with van der Waals surface area (Å²) >= 11 is 0. The highest BCUT2D eigenvalue weighted by atomic mass is 16.7. The molecule has 0 spiro atoms. The number of ether oxygens (including phenoxy) is 4. The highest BCUT2D eigenvalue weighted by Crippen LogP contribution is 2.43. The summed E-state index contributed by atoms with van der Waals surface area (Å²) in [6.07, 6.45) is 1.53. The average Bonchev–Trinajstić information content (AvgIpc) is 3.16. The molecule has 3 aromatic rings. The van der Waals surface area contributed by atoms with Crippen molar-refractivity contribution in [3.63, 3.8) is 0 Å². The van der Waals surface area contributed by atoms with Gasteiger partial charge in [0.05, 0.1) is 19.8 Å². The van der Waals surface area contributed by atoms with Gasteiger partial charge in [-0.2, -0.15) is 0 Å². The van der Waals surface area contributed by atoms with Crippen molar-refractivity contribution >= 4 is 16.6 Å². The summed E-state index contributed by atoms with van der Waals surface area (Å²) in [5.41, 5.74) is 0.279. The van der Waals surface area contributed by atoms with Crippen LogP contribution in [0.3, 0.4) is 0 Å². The van der Waals surface area contributed by atoms with E-state index in [-0.39, 0.29) is 29.5 Å². The molecule has 1 aliphatic rings. The smallest absolute Gasteiger partial charge is 0.231 e. The Balaban J connectivity index is 1.88. The zero-order chi connectivity index (χ0) is 18.3. The van der Waals surface area contributed by atoms with Gasteiger partial charge in [-0.25, -0.2) is 0 Å². The van der Waals surface area contributed by atoms with Gasteiger partial charge in [0.1, 0.15) is 5.69 Å². The Morgan fingerprint density at radius 1 is 1.12 bits per heavy atom. The number of methoxy groups -OCH3 is 2. The number of rotatable bonds is 4. The van der Waals surface area contributed by atoms with Crippen molar-refractivity contribution in [3.8, 4) is 28.7 Å². The molecule has 132 valence electrons. The largest absolute Gasteiger partial charge is 0.504 e. The van der Waals surface area contributed by atoms with Gasteiger partial charge in [-0.15, -0.1) is 0 Å². The van der Waals surface area contributed by atoms with Gasteiger partial charge in [0, 0.05) is 11.6 Å². The van der Waals surface area contributed by atoms with Gasteiger partial charge in [0.25, 0.3) is 0 Å². The van der Waals surface area contributed by atoms with E-state index < -0.39 is 5.78 Å². The van der Waals surface area contributed by atoms with E-state index in [9.17, 15) is 9.90 Å². The molecular formula is C19H15NO6. The second-order valence-electron chi connectivity index (χ2n) is 5.61. The third-order valence-electron chi connectivity index (χ3n) is 4.24. The van der Waals surface area contributed by atoms with Crippen molar-refractivity contribution in [1.29, 1.82) is 0 Å². The van der Waals surface area contributed by atoms with Crippen LogP contribution in [-0.4, -0.2) is 36.9 Å². The lowest BCUT2D eigenvalue weighted by Gasteiger charge is -2.12. The standard InChI is InChI=1S/C19H15NO6/c1-23-14-7-10-5-6-20-16(12(10)8-15(14)24-2)17(21)11-3-4-13-19(18(11)22)26-9-25-13/h3-8,22H,9H2,1-2H3. The minimum absolute atomic E-state index is 0.00402. The molecule has 7 heteroatoms. The molecule has 7 nitrogen and oxygen atoms in total. The number of aromatic hydroxyl groups is 1. The van der Waals surface area contributed by atoms with Crippen LogP contribution < -0.4 is 18.9 Å². The monoisotopic (exact) mass is 353 g/mol. The molecule has 0 bridgehead atoms. The van der Waals surface area contributed by atoms with Crippen molar-refractivity contribution in [2.24, 2.45) is 0 Å². The lowest BCUT2D eigenvalue weighted by molar-refractivity contribution is 0.103. The van der Waals surface area contributed by atoms with Crippen molar-refractivity contribution in [2.75, 3.05) is 21.0 Å². The minimum atomic E-state index is -0.432. The number of carbonyl (C=O) groups excluding carboxylic acids is 1. The molecule has 1 N–H and O–H groups in total. The fourth-order valence-electron chi connectivity index (χ4n) is 2.95. The van der Waals surface area contributed by atoms with Gasteiger partial charge in [0.15, 0.2) is 23.0 Å². The second-order valence-corrected chi connectivity index (χ2v) is 5.61. The topological polar surface area (TPSA) is 87.1 Å². The van der Waals surface area contributed by atoms with Gasteiger partial charge in [-0.3, -0.25) is 9.78 Å². The molecule has 0 radical (unpaired) electrons. The Kier molecular flexibility index (Phi) is 3.76. The summed E-state index contributed by atoms with van der Waals surface area (Å²) in [4.78, 5) is 17.3. The maximum atomic E-state index is 13.0. The molecule has 26 heavy (non-hydrogen) atoms. The number of nitrogens with zero attached hydrogens (tertiary/aromatic N) is 1. The zero-order valence-corrected chi connectivity index (χ0v) is 14.1. The first-order valence-electron chi connectivity index (χ1n) is 7.81. The van der Waals surface area contributed by atoms with Crippen LogP contribution in [0.15, 0.2) is 36.5 Å². The molecule has 2 aromatic carbocycles. The third-order valence-corrected chi connectivity index (χ3v) is 4.24. The molecule has 4 rings (SSSR count). The highest BCUT2D eigenvalue weighted by molar-refractivity contribution is 6.16. The van der Waals surface area contributed by atoms with Crippen LogP contribution in [0, 0.1) is 0 Å². The van der Waals surface area contributed by atoms with Gasteiger partial charge in [-0.1, -0.05) is 0 Å². The van der Waals surface area contributed by atoms with Gasteiger partial charge >= 0.3 is 0 Å². The molecule has 0 unspecified atom stereocenters. The fourth-order valence-corrected chi connectivity index (χ4v) is 2.95. The summed E-state index contributed by atoms with van der Waals surface area (Å²) in [6.45, 7) is 0.00402. The van der Waals surface area contributed by atoms with Crippen LogP contribution in [0.25, 0.3) is 10.8 Å². The number of hydrogen-bond donors (Lipinski definition) is 1. The SMILES string of the molecule is COc1cc2ccnc(C(=O)c3ccc4c(c3O)OCO4)c2cc1OC. The van der Waals surface area contributed by atoms with Crippen LogP contribution in [0.4, 0.5) is 0 Å². The molecule has 1 aliphatic heterocycles. The van der Waals surface area contributed by atoms with E-state index in [2.05, 4.69) is 4.98 Å². The molecule has 0 saturated heterocycles. The van der Waals surface area contributed by atoms with Crippen molar-refractivity contribution in [2.45, 2.75) is 0 Å². The predicted molar refractivity (Wildman–Crippen MR) is 92.5 cm³/mol. The number of benzene rings is 2. The van der Waals surface area contributed by atoms with E-state index >= 15 is 0 Å². The first-order chi connectivity index (χ1) is 12.6. The highest BCUT2D eigenvalue weighted by Gasteiger charge is 2.26. The first kappa shape index (κ1) is 16.0. The van der Waals surface area contributed by atoms with E-state index in [1.807, 2.05) is 0 Å². The maximum absolute atomic E-state index is 13.0. The zero-order valence-electron chi connectivity index (χ0n) is 14.1. The van der Waals surface area contributed by atoms with E-state index in [0.29, 0.717) is 22.6 Å². The lowest BCUT2D eigenvalue weighted by atomic mass is 10.0. The molecule has 0 amide bonds. The molecule has 0 fully saturated rings. The van der Waals surface area contributed by atoms with E-state index in [1.54, 1.807) is 31.4 Å². The maximum Gasteiger partial charge on any atom is 0.231 e. The van der Waals surface area contributed by atoms with Crippen LogP contribution in [0.5, 0.6) is 28.7 Å². The molecule has 2 heterocycles. The summed E-state index contributed by atoms with van der Waals surface area (Å²) in [6, 6.07) is 8.31. The Labute approximate surface area is 148 Å².